The van der Waals surface area contributed by atoms with Crippen molar-refractivity contribution < 1.29 is 23.9 Å². The maximum atomic E-state index is 12.6. The van der Waals surface area contributed by atoms with Crippen LogP contribution in [0.2, 0.25) is 0 Å². The molecular formula is C19H32N4O5. The van der Waals surface area contributed by atoms with Gasteiger partial charge in [-0.25, -0.2) is 9.59 Å². The highest BCUT2D eigenvalue weighted by atomic mass is 16.6. The van der Waals surface area contributed by atoms with Crippen molar-refractivity contribution in [1.82, 2.24) is 20.4 Å². The highest BCUT2D eigenvalue weighted by Crippen LogP contribution is 2.14. The van der Waals surface area contributed by atoms with Crippen LogP contribution >= 0.6 is 0 Å². The topological polar surface area (TPSA) is 112 Å². The monoisotopic (exact) mass is 396 g/mol. The van der Waals surface area contributed by atoms with Gasteiger partial charge in [-0.05, 0) is 60.5 Å². The SMILES string of the molecule is CCOC(=O)[C@H](NC(=O)OC(C)(C)C)C(=O)N[C@@H](C)Cc1c(C)nn(C)c1C. The van der Waals surface area contributed by atoms with E-state index in [4.69, 9.17) is 9.47 Å². The molecule has 0 aromatic carbocycles. The van der Waals surface area contributed by atoms with E-state index in [1.165, 1.54) is 0 Å². The predicted molar refractivity (Wildman–Crippen MR) is 104 cm³/mol. The van der Waals surface area contributed by atoms with Gasteiger partial charge in [-0.15, -0.1) is 0 Å². The zero-order chi connectivity index (χ0) is 21.6. The van der Waals surface area contributed by atoms with Crippen LogP contribution in [-0.4, -0.2) is 52.0 Å². The summed E-state index contributed by atoms with van der Waals surface area (Å²) in [6.45, 7) is 12.4. The fourth-order valence-electron chi connectivity index (χ4n) is 2.68. The average Bonchev–Trinajstić information content (AvgIpc) is 2.77. The Morgan fingerprint density at radius 2 is 1.79 bits per heavy atom. The van der Waals surface area contributed by atoms with Crippen LogP contribution in [0.25, 0.3) is 0 Å². The van der Waals surface area contributed by atoms with E-state index in [1.807, 2.05) is 27.8 Å². The fourth-order valence-corrected chi connectivity index (χ4v) is 2.68. The number of carbonyl (C=O) groups excluding carboxylic acids is 3. The van der Waals surface area contributed by atoms with Crippen molar-refractivity contribution in [2.45, 2.75) is 72.6 Å². The average molecular weight is 396 g/mol. The first-order valence-corrected chi connectivity index (χ1v) is 9.31. The molecule has 2 amide bonds. The standard InChI is InChI=1S/C19H32N4O5/c1-9-27-17(25)15(21-18(26)28-19(5,6)7)16(24)20-11(2)10-14-12(3)22-23(8)13(14)4/h11,15H,9-10H2,1-8H3,(H,20,24)(H,21,26)/t11-,15+/m0/s1. The molecule has 0 aliphatic carbocycles. The summed E-state index contributed by atoms with van der Waals surface area (Å²) in [5.74, 6) is -1.50. The second-order valence-electron chi connectivity index (χ2n) is 7.72. The highest BCUT2D eigenvalue weighted by molar-refractivity contribution is 6.04. The lowest BCUT2D eigenvalue weighted by atomic mass is 10.0. The van der Waals surface area contributed by atoms with E-state index in [-0.39, 0.29) is 12.6 Å². The van der Waals surface area contributed by atoms with Gasteiger partial charge >= 0.3 is 12.1 Å². The summed E-state index contributed by atoms with van der Waals surface area (Å²) in [6, 6.07) is -1.78. The van der Waals surface area contributed by atoms with Crippen molar-refractivity contribution in [2.75, 3.05) is 6.61 Å². The molecule has 9 heteroatoms. The van der Waals surface area contributed by atoms with Crippen LogP contribution in [0.1, 0.15) is 51.6 Å². The summed E-state index contributed by atoms with van der Waals surface area (Å²) < 4.78 is 11.8. The first kappa shape index (κ1) is 23.5. The quantitative estimate of drug-likeness (QED) is 0.534. The molecule has 0 aliphatic rings. The highest BCUT2D eigenvalue weighted by Gasteiger charge is 2.32. The predicted octanol–water partition coefficient (Wildman–Crippen LogP) is 1.54. The van der Waals surface area contributed by atoms with E-state index < -0.39 is 29.6 Å². The zero-order valence-electron chi connectivity index (χ0n) is 18.0. The molecule has 0 saturated carbocycles. The Hall–Kier alpha value is -2.58. The maximum absolute atomic E-state index is 12.6. The van der Waals surface area contributed by atoms with Crippen LogP contribution in [0.4, 0.5) is 4.79 Å². The number of alkyl carbamates (subject to hydrolysis) is 1. The Morgan fingerprint density at radius 1 is 1.18 bits per heavy atom. The van der Waals surface area contributed by atoms with Gasteiger partial charge in [0.25, 0.3) is 5.91 Å². The fraction of sp³-hybridized carbons (Fsp3) is 0.684. The number of ether oxygens (including phenoxy) is 2. The number of rotatable bonds is 7. The molecule has 1 rings (SSSR count). The number of carbonyl (C=O) groups is 3. The molecule has 0 aliphatic heterocycles. The van der Waals surface area contributed by atoms with Gasteiger partial charge in [-0.3, -0.25) is 14.8 Å². The summed E-state index contributed by atoms with van der Waals surface area (Å²) >= 11 is 0. The van der Waals surface area contributed by atoms with Crippen molar-refractivity contribution in [3.63, 3.8) is 0 Å². The first-order chi connectivity index (χ1) is 12.9. The minimum Gasteiger partial charge on any atom is -0.464 e. The van der Waals surface area contributed by atoms with E-state index >= 15 is 0 Å². The van der Waals surface area contributed by atoms with Crippen LogP contribution in [0.5, 0.6) is 0 Å². The maximum Gasteiger partial charge on any atom is 0.408 e. The number of amides is 2. The first-order valence-electron chi connectivity index (χ1n) is 9.31. The minimum atomic E-state index is -1.49. The smallest absolute Gasteiger partial charge is 0.408 e. The van der Waals surface area contributed by atoms with Gasteiger partial charge in [0.1, 0.15) is 5.60 Å². The van der Waals surface area contributed by atoms with Gasteiger partial charge in [0.05, 0.1) is 12.3 Å². The molecule has 2 atom stereocenters. The number of hydrogen-bond donors (Lipinski definition) is 2. The molecule has 0 fully saturated rings. The number of nitrogens with zero attached hydrogens (tertiary/aromatic N) is 2. The minimum absolute atomic E-state index is 0.0856. The van der Waals surface area contributed by atoms with E-state index in [9.17, 15) is 14.4 Å². The Kier molecular flexibility index (Phi) is 8.01. The Bertz CT molecular complexity index is 721. The van der Waals surface area contributed by atoms with Gasteiger partial charge < -0.3 is 14.8 Å². The van der Waals surface area contributed by atoms with Crippen LogP contribution < -0.4 is 10.6 Å². The normalized spacial score (nSPS) is 13.4. The molecule has 1 aromatic rings. The molecule has 0 radical (unpaired) electrons. The third kappa shape index (κ3) is 6.86. The van der Waals surface area contributed by atoms with E-state index in [1.54, 1.807) is 32.4 Å². The van der Waals surface area contributed by atoms with E-state index in [0.717, 1.165) is 17.0 Å². The molecule has 0 spiro atoms. The molecule has 0 bridgehead atoms. The van der Waals surface area contributed by atoms with Crippen molar-refractivity contribution in [3.05, 3.63) is 17.0 Å². The van der Waals surface area contributed by atoms with Gasteiger partial charge in [0, 0.05) is 18.8 Å². The van der Waals surface area contributed by atoms with Crippen LogP contribution in [0, 0.1) is 13.8 Å². The lowest BCUT2D eigenvalue weighted by Crippen LogP contribution is -2.54. The van der Waals surface area contributed by atoms with Gasteiger partial charge in [-0.1, -0.05) is 0 Å². The lowest BCUT2D eigenvalue weighted by molar-refractivity contribution is -0.149. The van der Waals surface area contributed by atoms with Crippen molar-refractivity contribution >= 4 is 18.0 Å². The molecule has 2 N–H and O–H groups in total. The van der Waals surface area contributed by atoms with Gasteiger partial charge in [0.2, 0.25) is 6.04 Å². The molecular weight excluding hydrogens is 364 g/mol. The second kappa shape index (κ2) is 9.57. The van der Waals surface area contributed by atoms with Gasteiger partial charge in [-0.2, -0.15) is 5.10 Å². The molecule has 1 heterocycles. The summed E-state index contributed by atoms with van der Waals surface area (Å²) in [6.07, 6.45) is -0.327. The summed E-state index contributed by atoms with van der Waals surface area (Å²) in [5.41, 5.74) is 2.16. The summed E-state index contributed by atoms with van der Waals surface area (Å²) in [5, 5.41) is 9.40. The molecule has 0 unspecified atom stereocenters. The van der Waals surface area contributed by atoms with E-state index in [2.05, 4.69) is 15.7 Å². The number of aryl methyl sites for hydroxylation is 2. The van der Waals surface area contributed by atoms with Crippen LogP contribution in [0.3, 0.4) is 0 Å². The molecule has 158 valence electrons. The third-order valence-corrected chi connectivity index (χ3v) is 4.00. The number of nitrogens with one attached hydrogen (secondary N) is 2. The molecule has 1 aromatic heterocycles. The Labute approximate surface area is 166 Å². The Balaban J connectivity index is 2.84. The van der Waals surface area contributed by atoms with Crippen LogP contribution in [0.15, 0.2) is 0 Å². The molecule has 0 saturated heterocycles. The van der Waals surface area contributed by atoms with Gasteiger partial charge in [0.15, 0.2) is 0 Å². The third-order valence-electron chi connectivity index (χ3n) is 4.00. The van der Waals surface area contributed by atoms with Crippen LogP contribution in [-0.2, 0) is 32.5 Å². The molecule has 9 nitrogen and oxygen atoms in total. The Morgan fingerprint density at radius 3 is 2.25 bits per heavy atom. The lowest BCUT2D eigenvalue weighted by Gasteiger charge is -2.23. The zero-order valence-corrected chi connectivity index (χ0v) is 18.0. The second-order valence-corrected chi connectivity index (χ2v) is 7.72. The largest absolute Gasteiger partial charge is 0.464 e. The van der Waals surface area contributed by atoms with E-state index in [0.29, 0.717) is 6.42 Å². The van der Waals surface area contributed by atoms with Crippen molar-refractivity contribution in [2.24, 2.45) is 7.05 Å². The number of aromatic nitrogens is 2. The number of hydrogen-bond acceptors (Lipinski definition) is 6. The summed E-state index contributed by atoms with van der Waals surface area (Å²) in [4.78, 5) is 36.8. The number of esters is 1. The van der Waals surface area contributed by atoms with Crippen molar-refractivity contribution in [1.29, 1.82) is 0 Å². The summed E-state index contributed by atoms with van der Waals surface area (Å²) in [7, 11) is 1.86. The molecule has 28 heavy (non-hydrogen) atoms. The van der Waals surface area contributed by atoms with Crippen molar-refractivity contribution in [3.8, 4) is 0 Å².